The summed E-state index contributed by atoms with van der Waals surface area (Å²) in [4.78, 5) is 10.9. The van der Waals surface area contributed by atoms with Gasteiger partial charge in [0.05, 0.1) is 7.11 Å². The number of halogens is 1. The second-order valence-corrected chi connectivity index (χ2v) is 3.47. The quantitative estimate of drug-likeness (QED) is 0.708. The lowest BCUT2D eigenvalue weighted by Crippen LogP contribution is -2.30. The van der Waals surface area contributed by atoms with Crippen molar-refractivity contribution in [1.82, 2.24) is 0 Å². The minimum Gasteiger partial charge on any atom is -0.469 e. The maximum atomic E-state index is 10.9. The summed E-state index contributed by atoms with van der Waals surface area (Å²) >= 11 is 0. The summed E-state index contributed by atoms with van der Waals surface area (Å²) in [6, 6.07) is 0. The van der Waals surface area contributed by atoms with Gasteiger partial charge in [-0.05, 0) is 18.4 Å². The molecular formula is C9H18ClNO2. The molecule has 1 saturated carbocycles. The summed E-state index contributed by atoms with van der Waals surface area (Å²) in [5.41, 5.74) is 5.58. The molecule has 0 radical (unpaired) electrons. The summed E-state index contributed by atoms with van der Waals surface area (Å²) in [6.07, 6.45) is 4.26. The van der Waals surface area contributed by atoms with Crippen LogP contribution in [0.5, 0.6) is 0 Å². The summed E-state index contributed by atoms with van der Waals surface area (Å²) in [6.45, 7) is 0.611. The number of ether oxygens (including phenoxy) is 1. The molecule has 3 nitrogen and oxygen atoms in total. The van der Waals surface area contributed by atoms with Gasteiger partial charge in [0.25, 0.3) is 0 Å². The molecule has 4 heteroatoms. The third-order valence-corrected chi connectivity index (χ3v) is 2.78. The number of esters is 1. The van der Waals surface area contributed by atoms with Crippen molar-refractivity contribution in [2.24, 2.45) is 17.6 Å². The van der Waals surface area contributed by atoms with Gasteiger partial charge in [-0.3, -0.25) is 4.79 Å². The Labute approximate surface area is 85.4 Å². The molecule has 2 N–H and O–H groups in total. The lowest BCUT2D eigenvalue weighted by molar-refractivity contribution is -0.142. The topological polar surface area (TPSA) is 52.3 Å². The van der Waals surface area contributed by atoms with E-state index >= 15 is 0 Å². The van der Waals surface area contributed by atoms with Crippen molar-refractivity contribution in [2.75, 3.05) is 13.7 Å². The molecule has 1 fully saturated rings. The van der Waals surface area contributed by atoms with Gasteiger partial charge in [-0.2, -0.15) is 0 Å². The highest BCUT2D eigenvalue weighted by Gasteiger charge is 2.27. The minimum atomic E-state index is -0.127. The van der Waals surface area contributed by atoms with Crippen molar-refractivity contribution in [3.63, 3.8) is 0 Å². The van der Waals surface area contributed by atoms with Gasteiger partial charge in [-0.15, -0.1) is 12.4 Å². The van der Waals surface area contributed by atoms with E-state index in [-0.39, 0.29) is 18.4 Å². The Bertz CT molecular complexity index is 160. The van der Waals surface area contributed by atoms with Crippen LogP contribution in [0, 0.1) is 11.8 Å². The van der Waals surface area contributed by atoms with E-state index in [9.17, 15) is 4.79 Å². The molecule has 1 atom stereocenters. The van der Waals surface area contributed by atoms with Crippen molar-refractivity contribution in [2.45, 2.75) is 25.7 Å². The van der Waals surface area contributed by atoms with Gasteiger partial charge in [0.1, 0.15) is 0 Å². The number of carbonyl (C=O) groups is 1. The molecule has 1 aliphatic carbocycles. The number of hydrogen-bond donors (Lipinski definition) is 1. The Morgan fingerprint density at radius 1 is 1.62 bits per heavy atom. The highest BCUT2D eigenvalue weighted by Crippen LogP contribution is 2.34. The Hall–Kier alpha value is -0.280. The number of hydrogen-bond acceptors (Lipinski definition) is 3. The second-order valence-electron chi connectivity index (χ2n) is 3.47. The molecule has 0 aliphatic heterocycles. The fourth-order valence-electron chi connectivity index (χ4n) is 1.65. The molecule has 0 aromatic rings. The first-order chi connectivity index (χ1) is 5.77. The fourth-order valence-corrected chi connectivity index (χ4v) is 1.65. The summed E-state index contributed by atoms with van der Waals surface area (Å²) in [5.74, 6) is 0.901. The van der Waals surface area contributed by atoms with Crippen LogP contribution in [0.15, 0.2) is 0 Å². The summed E-state index contributed by atoms with van der Waals surface area (Å²) in [5, 5.41) is 0. The van der Waals surface area contributed by atoms with Crippen LogP contribution < -0.4 is 5.73 Å². The number of methoxy groups -OCH3 is 1. The van der Waals surface area contributed by atoms with Crippen LogP contribution in [0.4, 0.5) is 0 Å². The normalized spacial score (nSPS) is 18.3. The van der Waals surface area contributed by atoms with E-state index in [2.05, 4.69) is 4.74 Å². The average Bonchev–Trinajstić information content (AvgIpc) is 1.99. The van der Waals surface area contributed by atoms with Crippen molar-refractivity contribution < 1.29 is 9.53 Å². The van der Waals surface area contributed by atoms with Crippen molar-refractivity contribution >= 4 is 18.4 Å². The molecule has 0 aromatic carbocycles. The SMILES string of the molecule is COC(=O)CC(CN)C1CCC1.Cl. The first kappa shape index (κ1) is 12.7. The fraction of sp³-hybridized carbons (Fsp3) is 0.889. The predicted octanol–water partition coefficient (Wildman–Crippen LogP) is 1.35. The molecule has 0 spiro atoms. The number of rotatable bonds is 4. The Morgan fingerprint density at radius 3 is 2.54 bits per heavy atom. The first-order valence-electron chi connectivity index (χ1n) is 4.54. The molecule has 0 bridgehead atoms. The average molecular weight is 208 g/mol. The van der Waals surface area contributed by atoms with Gasteiger partial charge < -0.3 is 10.5 Å². The first-order valence-corrected chi connectivity index (χ1v) is 4.54. The van der Waals surface area contributed by atoms with Crippen molar-refractivity contribution in [3.05, 3.63) is 0 Å². The van der Waals surface area contributed by atoms with Crippen molar-refractivity contribution in [3.8, 4) is 0 Å². The maximum Gasteiger partial charge on any atom is 0.305 e. The van der Waals surface area contributed by atoms with Gasteiger partial charge in [-0.25, -0.2) is 0 Å². The molecule has 1 aliphatic rings. The monoisotopic (exact) mass is 207 g/mol. The van der Waals surface area contributed by atoms with Crippen LogP contribution in [-0.2, 0) is 9.53 Å². The third kappa shape index (κ3) is 3.53. The highest BCUT2D eigenvalue weighted by atomic mass is 35.5. The molecule has 0 amide bonds. The molecule has 0 heterocycles. The van der Waals surface area contributed by atoms with E-state index in [0.29, 0.717) is 24.8 Å². The smallest absolute Gasteiger partial charge is 0.305 e. The number of nitrogens with two attached hydrogens (primary N) is 1. The van der Waals surface area contributed by atoms with Crippen LogP contribution in [0.25, 0.3) is 0 Å². The van der Waals surface area contributed by atoms with Crippen LogP contribution in [-0.4, -0.2) is 19.6 Å². The van der Waals surface area contributed by atoms with E-state index in [1.807, 2.05) is 0 Å². The predicted molar refractivity (Wildman–Crippen MR) is 53.8 cm³/mol. The molecule has 78 valence electrons. The Balaban J connectivity index is 0.00000144. The Kier molecular flexibility index (Phi) is 6.08. The van der Waals surface area contributed by atoms with Gasteiger partial charge >= 0.3 is 5.97 Å². The molecule has 13 heavy (non-hydrogen) atoms. The molecule has 1 rings (SSSR count). The van der Waals surface area contributed by atoms with Crippen LogP contribution >= 0.6 is 12.4 Å². The van der Waals surface area contributed by atoms with E-state index in [1.165, 1.54) is 26.4 Å². The van der Waals surface area contributed by atoms with Gasteiger partial charge in [-0.1, -0.05) is 19.3 Å². The van der Waals surface area contributed by atoms with E-state index in [1.54, 1.807) is 0 Å². The van der Waals surface area contributed by atoms with E-state index in [4.69, 9.17) is 5.73 Å². The van der Waals surface area contributed by atoms with Crippen molar-refractivity contribution in [1.29, 1.82) is 0 Å². The second kappa shape index (κ2) is 6.22. The minimum absolute atomic E-state index is 0. The largest absolute Gasteiger partial charge is 0.469 e. The maximum absolute atomic E-state index is 10.9. The van der Waals surface area contributed by atoms with Crippen LogP contribution in [0.2, 0.25) is 0 Å². The Morgan fingerprint density at radius 2 is 2.23 bits per heavy atom. The lowest BCUT2D eigenvalue weighted by atomic mass is 9.74. The zero-order valence-corrected chi connectivity index (χ0v) is 8.81. The van der Waals surface area contributed by atoms with Gasteiger partial charge in [0.2, 0.25) is 0 Å². The lowest BCUT2D eigenvalue weighted by Gasteiger charge is -2.32. The number of carbonyl (C=O) groups excluding carboxylic acids is 1. The van der Waals surface area contributed by atoms with Crippen LogP contribution in [0.1, 0.15) is 25.7 Å². The highest BCUT2D eigenvalue weighted by molar-refractivity contribution is 5.85. The third-order valence-electron chi connectivity index (χ3n) is 2.78. The van der Waals surface area contributed by atoms with E-state index < -0.39 is 0 Å². The summed E-state index contributed by atoms with van der Waals surface area (Å²) in [7, 11) is 1.43. The molecular weight excluding hydrogens is 190 g/mol. The van der Waals surface area contributed by atoms with Gasteiger partial charge in [0.15, 0.2) is 0 Å². The standard InChI is InChI=1S/C9H17NO2.ClH/c1-12-9(11)5-8(6-10)7-3-2-4-7;/h7-8H,2-6,10H2,1H3;1H. The zero-order chi connectivity index (χ0) is 8.97. The molecule has 1 unspecified atom stereocenters. The summed E-state index contributed by atoms with van der Waals surface area (Å²) < 4.78 is 4.61. The van der Waals surface area contributed by atoms with Gasteiger partial charge in [0, 0.05) is 6.42 Å². The molecule has 0 saturated heterocycles. The van der Waals surface area contributed by atoms with E-state index in [0.717, 1.165) is 0 Å². The molecule has 0 aromatic heterocycles. The van der Waals surface area contributed by atoms with Crippen LogP contribution in [0.3, 0.4) is 0 Å². The zero-order valence-electron chi connectivity index (χ0n) is 7.99.